The first-order chi connectivity index (χ1) is 7.68. The maximum absolute atomic E-state index is 11.9. The molecule has 0 atom stereocenters. The highest BCUT2D eigenvalue weighted by molar-refractivity contribution is 7.89. The maximum Gasteiger partial charge on any atom is 0.214 e. The molecule has 16 heavy (non-hydrogen) atoms. The van der Waals surface area contributed by atoms with Gasteiger partial charge in [-0.2, -0.15) is 0 Å². The summed E-state index contributed by atoms with van der Waals surface area (Å²) in [6.07, 6.45) is 5.94. The summed E-state index contributed by atoms with van der Waals surface area (Å²) >= 11 is 0. The smallest absolute Gasteiger partial charge is 0.214 e. The van der Waals surface area contributed by atoms with E-state index in [1.807, 2.05) is 12.1 Å². The molecule has 4 nitrogen and oxygen atoms in total. The van der Waals surface area contributed by atoms with Gasteiger partial charge in [0, 0.05) is 25.5 Å². The van der Waals surface area contributed by atoms with Gasteiger partial charge in [0.2, 0.25) is 10.0 Å². The molecule has 0 amide bonds. The van der Waals surface area contributed by atoms with Crippen LogP contribution in [-0.2, 0) is 16.4 Å². The van der Waals surface area contributed by atoms with E-state index >= 15 is 0 Å². The fourth-order valence-corrected chi connectivity index (χ4v) is 3.46. The van der Waals surface area contributed by atoms with Crippen LogP contribution in [0.2, 0.25) is 0 Å². The molecule has 2 heterocycles. The lowest BCUT2D eigenvalue weighted by Gasteiger charge is -2.15. The number of hydrogen-bond donors (Lipinski definition) is 0. The molecule has 0 spiro atoms. The Bertz CT molecular complexity index is 425. The van der Waals surface area contributed by atoms with E-state index in [1.54, 1.807) is 16.7 Å². The highest BCUT2D eigenvalue weighted by atomic mass is 32.2. The predicted octanol–water partition coefficient (Wildman–Crippen LogP) is 1.05. The van der Waals surface area contributed by atoms with Crippen LogP contribution in [0.5, 0.6) is 0 Å². The summed E-state index contributed by atoms with van der Waals surface area (Å²) in [5.41, 5.74) is 1.03. The Hall–Kier alpha value is -0.940. The predicted molar refractivity (Wildman–Crippen MR) is 62.5 cm³/mol. The molecule has 1 saturated heterocycles. The van der Waals surface area contributed by atoms with Gasteiger partial charge >= 0.3 is 0 Å². The Kier molecular flexibility index (Phi) is 3.56. The minimum Gasteiger partial charge on any atom is -0.265 e. The zero-order chi connectivity index (χ0) is 11.4. The first-order valence-corrected chi connectivity index (χ1v) is 7.16. The van der Waals surface area contributed by atoms with Gasteiger partial charge in [0.25, 0.3) is 0 Å². The Morgan fingerprint density at radius 1 is 1.19 bits per heavy atom. The molecule has 0 aromatic carbocycles. The number of aromatic nitrogens is 1. The normalized spacial score (nSPS) is 17.8. The Labute approximate surface area is 96.4 Å². The van der Waals surface area contributed by atoms with Crippen molar-refractivity contribution in [2.24, 2.45) is 0 Å². The average molecular weight is 240 g/mol. The zero-order valence-corrected chi connectivity index (χ0v) is 9.99. The van der Waals surface area contributed by atoms with E-state index in [1.165, 1.54) is 0 Å². The molecule has 0 aliphatic carbocycles. The first kappa shape index (κ1) is 11.5. The summed E-state index contributed by atoms with van der Waals surface area (Å²) in [5, 5.41) is 0. The second-order valence-corrected chi connectivity index (χ2v) is 6.12. The molecular formula is C11H16N2O2S. The molecule has 0 saturated carbocycles. The van der Waals surface area contributed by atoms with E-state index in [-0.39, 0.29) is 5.75 Å². The van der Waals surface area contributed by atoms with Gasteiger partial charge in [-0.05, 0) is 37.0 Å². The van der Waals surface area contributed by atoms with Crippen LogP contribution in [0.4, 0.5) is 0 Å². The highest BCUT2D eigenvalue weighted by Gasteiger charge is 2.24. The summed E-state index contributed by atoms with van der Waals surface area (Å²) in [6.45, 7) is 1.39. The molecule has 1 aliphatic heterocycles. The largest absolute Gasteiger partial charge is 0.265 e. The minimum absolute atomic E-state index is 0.205. The van der Waals surface area contributed by atoms with Crippen molar-refractivity contribution in [3.05, 3.63) is 30.1 Å². The van der Waals surface area contributed by atoms with E-state index in [9.17, 15) is 8.42 Å². The van der Waals surface area contributed by atoms with Gasteiger partial charge in [-0.25, -0.2) is 12.7 Å². The number of hydrogen-bond acceptors (Lipinski definition) is 3. The van der Waals surface area contributed by atoms with E-state index in [2.05, 4.69) is 4.98 Å². The molecule has 2 rings (SSSR count). The van der Waals surface area contributed by atoms with Gasteiger partial charge in [-0.1, -0.05) is 0 Å². The topological polar surface area (TPSA) is 50.3 Å². The average Bonchev–Trinajstić information content (AvgIpc) is 2.82. The van der Waals surface area contributed by atoms with Crippen molar-refractivity contribution in [3.63, 3.8) is 0 Å². The first-order valence-electron chi connectivity index (χ1n) is 5.55. The van der Waals surface area contributed by atoms with Crippen molar-refractivity contribution >= 4 is 10.0 Å². The van der Waals surface area contributed by atoms with Gasteiger partial charge in [0.15, 0.2) is 0 Å². The lowest BCUT2D eigenvalue weighted by atomic mass is 10.2. The van der Waals surface area contributed by atoms with Crippen molar-refractivity contribution in [1.29, 1.82) is 0 Å². The van der Waals surface area contributed by atoms with Crippen LogP contribution in [-0.4, -0.2) is 36.5 Å². The SMILES string of the molecule is O=S(=O)(CCc1ccncc1)N1CCCC1. The molecule has 1 aliphatic rings. The van der Waals surface area contributed by atoms with Crippen LogP contribution in [0.15, 0.2) is 24.5 Å². The molecule has 0 bridgehead atoms. The third-order valence-corrected chi connectivity index (χ3v) is 4.73. The monoisotopic (exact) mass is 240 g/mol. The van der Waals surface area contributed by atoms with Crippen LogP contribution in [0.1, 0.15) is 18.4 Å². The summed E-state index contributed by atoms with van der Waals surface area (Å²) < 4.78 is 25.4. The standard InChI is InChI=1S/C11H16N2O2S/c14-16(15,13-8-1-2-9-13)10-5-11-3-6-12-7-4-11/h3-4,6-7H,1-2,5,8-10H2. The zero-order valence-electron chi connectivity index (χ0n) is 9.17. The Morgan fingerprint density at radius 2 is 1.81 bits per heavy atom. The lowest BCUT2D eigenvalue weighted by Crippen LogP contribution is -2.30. The summed E-state index contributed by atoms with van der Waals surface area (Å²) in [5.74, 6) is 0.205. The molecule has 1 aromatic rings. The van der Waals surface area contributed by atoms with Crippen molar-refractivity contribution in [3.8, 4) is 0 Å². The van der Waals surface area contributed by atoms with Gasteiger partial charge in [0.05, 0.1) is 5.75 Å². The van der Waals surface area contributed by atoms with E-state index in [0.29, 0.717) is 19.5 Å². The number of aryl methyl sites for hydroxylation is 1. The van der Waals surface area contributed by atoms with Crippen LogP contribution in [0.25, 0.3) is 0 Å². The number of nitrogens with zero attached hydrogens (tertiary/aromatic N) is 2. The second kappa shape index (κ2) is 4.93. The van der Waals surface area contributed by atoms with Gasteiger partial charge < -0.3 is 0 Å². The highest BCUT2D eigenvalue weighted by Crippen LogP contribution is 2.14. The Balaban J connectivity index is 1.94. The van der Waals surface area contributed by atoms with E-state index in [0.717, 1.165) is 18.4 Å². The minimum atomic E-state index is -3.05. The number of pyridine rings is 1. The third kappa shape index (κ3) is 2.80. The molecule has 5 heteroatoms. The van der Waals surface area contributed by atoms with E-state index in [4.69, 9.17) is 0 Å². The van der Waals surface area contributed by atoms with Gasteiger partial charge in [-0.3, -0.25) is 4.98 Å². The summed E-state index contributed by atoms with van der Waals surface area (Å²) in [6, 6.07) is 3.72. The molecule has 1 fully saturated rings. The maximum atomic E-state index is 11.9. The van der Waals surface area contributed by atoms with Crippen molar-refractivity contribution < 1.29 is 8.42 Å². The van der Waals surface area contributed by atoms with Crippen molar-refractivity contribution in [2.75, 3.05) is 18.8 Å². The molecule has 1 aromatic heterocycles. The van der Waals surface area contributed by atoms with Gasteiger partial charge in [-0.15, -0.1) is 0 Å². The molecule has 0 radical (unpaired) electrons. The molecule has 88 valence electrons. The molecule has 0 N–H and O–H groups in total. The lowest BCUT2D eigenvalue weighted by molar-refractivity contribution is 0.477. The fourth-order valence-electron chi connectivity index (χ4n) is 1.89. The molecular weight excluding hydrogens is 224 g/mol. The van der Waals surface area contributed by atoms with Crippen LogP contribution < -0.4 is 0 Å². The number of sulfonamides is 1. The van der Waals surface area contributed by atoms with E-state index < -0.39 is 10.0 Å². The summed E-state index contributed by atoms with van der Waals surface area (Å²) in [4.78, 5) is 3.91. The fraction of sp³-hybridized carbons (Fsp3) is 0.545. The van der Waals surface area contributed by atoms with Crippen LogP contribution >= 0.6 is 0 Å². The van der Waals surface area contributed by atoms with Crippen LogP contribution in [0, 0.1) is 0 Å². The quantitative estimate of drug-likeness (QED) is 0.790. The van der Waals surface area contributed by atoms with Crippen molar-refractivity contribution in [2.45, 2.75) is 19.3 Å². The second-order valence-electron chi connectivity index (χ2n) is 4.03. The van der Waals surface area contributed by atoms with Gasteiger partial charge in [0.1, 0.15) is 0 Å². The molecule has 0 unspecified atom stereocenters. The Morgan fingerprint density at radius 3 is 2.44 bits per heavy atom. The van der Waals surface area contributed by atoms with Crippen LogP contribution in [0.3, 0.4) is 0 Å². The summed E-state index contributed by atoms with van der Waals surface area (Å²) in [7, 11) is -3.05. The van der Waals surface area contributed by atoms with Crippen molar-refractivity contribution in [1.82, 2.24) is 9.29 Å². The third-order valence-electron chi connectivity index (χ3n) is 2.86. The number of rotatable bonds is 4.